The summed E-state index contributed by atoms with van der Waals surface area (Å²) in [5.74, 6) is -2.83. The van der Waals surface area contributed by atoms with E-state index >= 15 is 0 Å². The van der Waals surface area contributed by atoms with E-state index in [-0.39, 0.29) is 6.07 Å². The first-order valence-corrected chi connectivity index (χ1v) is 5.38. The molecule has 0 fully saturated rings. The lowest BCUT2D eigenvalue weighted by Gasteiger charge is -2.23. The molecule has 1 aromatic carbocycles. The van der Waals surface area contributed by atoms with Crippen LogP contribution in [0.5, 0.6) is 0 Å². The number of alkyl halides is 6. The number of benzene rings is 1. The molecule has 1 aliphatic heterocycles. The second-order valence-electron chi connectivity index (χ2n) is 3.88. The van der Waals surface area contributed by atoms with Crippen molar-refractivity contribution in [2.75, 3.05) is 5.32 Å². The molecule has 0 saturated carbocycles. The molecule has 0 bridgehead atoms. The number of fused-ring (bicyclic) bond motifs is 1. The zero-order valence-corrected chi connectivity index (χ0v) is 10.2. The molecule has 0 spiro atoms. The van der Waals surface area contributed by atoms with Crippen LogP contribution in [0.2, 0.25) is 5.02 Å². The Morgan fingerprint density at radius 2 is 1.62 bits per heavy atom. The number of anilines is 1. The lowest BCUT2D eigenvalue weighted by atomic mass is 10.0. The fourth-order valence-electron chi connectivity index (χ4n) is 1.67. The Balaban J connectivity index is 2.80. The van der Waals surface area contributed by atoms with Crippen molar-refractivity contribution in [3.8, 4) is 0 Å². The summed E-state index contributed by atoms with van der Waals surface area (Å²) < 4.78 is 76.6. The Morgan fingerprint density at radius 3 is 2.10 bits per heavy atom. The number of hydrogen-bond donors (Lipinski definition) is 1. The van der Waals surface area contributed by atoms with Gasteiger partial charge < -0.3 is 5.32 Å². The molecule has 0 saturated heterocycles. The van der Waals surface area contributed by atoms with E-state index in [1.54, 1.807) is 5.32 Å². The van der Waals surface area contributed by atoms with Crippen LogP contribution < -0.4 is 10.6 Å². The highest BCUT2D eigenvalue weighted by atomic mass is 35.5. The van der Waals surface area contributed by atoms with Crippen molar-refractivity contribution in [2.45, 2.75) is 12.4 Å². The maximum absolute atomic E-state index is 12.8. The van der Waals surface area contributed by atoms with Crippen LogP contribution in [0, 0.1) is 0 Å². The summed E-state index contributed by atoms with van der Waals surface area (Å²) in [5.41, 5.74) is -5.82. The molecular formula is C10H2ClF6N2O2. The molecule has 1 radical (unpaired) electrons. The normalized spacial score (nSPS) is 15.4. The number of carbonyl (C=O) groups excluding carboxylic acids is 2. The quantitative estimate of drug-likeness (QED) is 0.586. The third-order valence-corrected chi connectivity index (χ3v) is 2.85. The van der Waals surface area contributed by atoms with Gasteiger partial charge in [-0.25, -0.2) is 5.32 Å². The Hall–Kier alpha value is -1.97. The third-order valence-electron chi connectivity index (χ3n) is 2.49. The van der Waals surface area contributed by atoms with E-state index in [0.29, 0.717) is 0 Å². The minimum absolute atomic E-state index is 0.0396. The summed E-state index contributed by atoms with van der Waals surface area (Å²) in [6, 6.07) is 0.0396. The van der Waals surface area contributed by atoms with Gasteiger partial charge in [-0.2, -0.15) is 26.3 Å². The van der Waals surface area contributed by atoms with E-state index in [9.17, 15) is 35.9 Å². The van der Waals surface area contributed by atoms with Crippen molar-refractivity contribution in [1.82, 2.24) is 5.32 Å². The Labute approximate surface area is 117 Å². The Morgan fingerprint density at radius 1 is 1.05 bits per heavy atom. The molecular weight excluding hydrogens is 330 g/mol. The number of nitrogens with zero attached hydrogens (tertiary/aromatic N) is 1. The minimum Gasteiger partial charge on any atom is -0.316 e. The maximum Gasteiger partial charge on any atom is 0.418 e. The monoisotopic (exact) mass is 331 g/mol. The molecule has 11 heteroatoms. The van der Waals surface area contributed by atoms with Crippen molar-refractivity contribution in [1.29, 1.82) is 0 Å². The standard InChI is InChI=1S/C10H2ClF6N2O2/c11-5-4(10(15,16)17)2(9(12,13)14)1-3-6(5)19-8(21)7(20)18-3/h1H,(H,18,20). The summed E-state index contributed by atoms with van der Waals surface area (Å²) in [6.07, 6.45) is -10.8. The van der Waals surface area contributed by atoms with Crippen LogP contribution in [0.1, 0.15) is 11.1 Å². The molecule has 113 valence electrons. The van der Waals surface area contributed by atoms with E-state index in [2.05, 4.69) is 5.32 Å². The van der Waals surface area contributed by atoms with Crippen molar-refractivity contribution in [3.05, 3.63) is 22.2 Å². The SMILES string of the molecule is O=C1[N]c2c(cc(C(F)(F)F)c(C(F)(F)F)c2Cl)NC1=O. The molecule has 1 aromatic rings. The molecule has 1 heterocycles. The van der Waals surface area contributed by atoms with Gasteiger partial charge in [0.25, 0.3) is 0 Å². The minimum atomic E-state index is -5.42. The van der Waals surface area contributed by atoms with Crippen molar-refractivity contribution >= 4 is 34.8 Å². The van der Waals surface area contributed by atoms with E-state index in [0.717, 1.165) is 0 Å². The van der Waals surface area contributed by atoms with Gasteiger partial charge in [-0.1, -0.05) is 11.6 Å². The molecule has 1 N–H and O–H groups in total. The maximum atomic E-state index is 12.8. The first-order valence-electron chi connectivity index (χ1n) is 5.01. The summed E-state index contributed by atoms with van der Waals surface area (Å²) in [7, 11) is 0. The van der Waals surface area contributed by atoms with E-state index in [1.807, 2.05) is 0 Å². The van der Waals surface area contributed by atoms with Crippen LogP contribution in [0.3, 0.4) is 0 Å². The fraction of sp³-hybridized carbons (Fsp3) is 0.200. The van der Waals surface area contributed by atoms with Crippen LogP contribution in [0.15, 0.2) is 6.07 Å². The van der Waals surface area contributed by atoms with Crippen LogP contribution in [-0.4, -0.2) is 11.8 Å². The Kier molecular flexibility index (Phi) is 3.32. The molecule has 2 rings (SSSR count). The second-order valence-corrected chi connectivity index (χ2v) is 4.25. The zero-order valence-electron chi connectivity index (χ0n) is 9.49. The number of amides is 2. The van der Waals surface area contributed by atoms with Gasteiger partial charge in [0.05, 0.1) is 21.8 Å². The van der Waals surface area contributed by atoms with E-state index < -0.39 is 51.7 Å². The highest BCUT2D eigenvalue weighted by Crippen LogP contribution is 2.49. The van der Waals surface area contributed by atoms with Gasteiger partial charge in [-0.3, -0.25) is 9.59 Å². The number of hydrogen-bond acceptors (Lipinski definition) is 2. The first-order chi connectivity index (χ1) is 9.43. The summed E-state index contributed by atoms with van der Waals surface area (Å²) in [6.45, 7) is 0. The average molecular weight is 332 g/mol. The van der Waals surface area contributed by atoms with Crippen molar-refractivity contribution in [3.63, 3.8) is 0 Å². The molecule has 0 aromatic heterocycles. The molecule has 4 nitrogen and oxygen atoms in total. The summed E-state index contributed by atoms with van der Waals surface area (Å²) >= 11 is 5.32. The lowest BCUT2D eigenvalue weighted by Crippen LogP contribution is -2.34. The van der Waals surface area contributed by atoms with Gasteiger partial charge in [0.1, 0.15) is 5.69 Å². The summed E-state index contributed by atoms with van der Waals surface area (Å²) in [4.78, 5) is 22.0. The fourth-order valence-corrected chi connectivity index (χ4v) is 2.03. The van der Waals surface area contributed by atoms with Gasteiger partial charge >= 0.3 is 24.2 Å². The van der Waals surface area contributed by atoms with Crippen LogP contribution in [0.25, 0.3) is 0 Å². The predicted molar refractivity (Wildman–Crippen MR) is 56.9 cm³/mol. The van der Waals surface area contributed by atoms with Crippen LogP contribution in [0.4, 0.5) is 37.7 Å². The number of nitrogens with one attached hydrogen (secondary N) is 1. The van der Waals surface area contributed by atoms with Gasteiger partial charge in [-0.15, -0.1) is 0 Å². The first kappa shape index (κ1) is 15.4. The zero-order chi connectivity index (χ0) is 16.2. The average Bonchev–Trinajstić information content (AvgIpc) is 2.28. The van der Waals surface area contributed by atoms with Gasteiger partial charge in [0.2, 0.25) is 0 Å². The highest BCUT2D eigenvalue weighted by molar-refractivity contribution is 6.44. The topological polar surface area (TPSA) is 60.3 Å². The Bertz CT molecular complexity index is 652. The smallest absolute Gasteiger partial charge is 0.316 e. The number of rotatable bonds is 0. The lowest BCUT2D eigenvalue weighted by molar-refractivity contribution is -0.162. The van der Waals surface area contributed by atoms with E-state index in [4.69, 9.17) is 11.6 Å². The number of carbonyl (C=O) groups is 2. The van der Waals surface area contributed by atoms with Crippen LogP contribution >= 0.6 is 11.6 Å². The number of halogens is 7. The molecule has 0 unspecified atom stereocenters. The summed E-state index contributed by atoms with van der Waals surface area (Å²) in [5, 5.41) is 3.28. The van der Waals surface area contributed by atoms with Crippen molar-refractivity contribution in [2.24, 2.45) is 0 Å². The molecule has 21 heavy (non-hydrogen) atoms. The molecule has 2 amide bonds. The molecule has 0 aliphatic carbocycles. The molecule has 0 atom stereocenters. The second kappa shape index (κ2) is 4.52. The van der Waals surface area contributed by atoms with Crippen LogP contribution in [-0.2, 0) is 21.9 Å². The molecule has 1 aliphatic rings. The van der Waals surface area contributed by atoms with Gasteiger partial charge in [0.15, 0.2) is 0 Å². The highest BCUT2D eigenvalue weighted by Gasteiger charge is 2.47. The predicted octanol–water partition coefficient (Wildman–Crippen LogP) is 3.09. The van der Waals surface area contributed by atoms with Gasteiger partial charge in [-0.05, 0) is 6.07 Å². The van der Waals surface area contributed by atoms with E-state index in [1.165, 1.54) is 0 Å². The largest absolute Gasteiger partial charge is 0.418 e. The van der Waals surface area contributed by atoms with Crippen molar-refractivity contribution < 1.29 is 35.9 Å². The van der Waals surface area contributed by atoms with Gasteiger partial charge in [0, 0.05) is 0 Å². The third kappa shape index (κ3) is 2.62.